The highest BCUT2D eigenvalue weighted by molar-refractivity contribution is 5.81. The molecule has 2 N–H and O–H groups in total. The summed E-state index contributed by atoms with van der Waals surface area (Å²) in [6, 6.07) is 4.03. The van der Waals surface area contributed by atoms with Crippen LogP contribution in [0.5, 0.6) is 0 Å². The van der Waals surface area contributed by atoms with Gasteiger partial charge in [0, 0.05) is 38.1 Å². The van der Waals surface area contributed by atoms with Gasteiger partial charge in [0.05, 0.1) is 16.8 Å². The Morgan fingerprint density at radius 3 is 2.45 bits per heavy atom. The Bertz CT molecular complexity index is 982. The van der Waals surface area contributed by atoms with Gasteiger partial charge >= 0.3 is 5.69 Å². The normalized spacial score (nSPS) is 18.6. The predicted octanol–water partition coefficient (Wildman–Crippen LogP) is 2.16. The van der Waals surface area contributed by atoms with E-state index in [-0.39, 0.29) is 29.4 Å². The van der Waals surface area contributed by atoms with Gasteiger partial charge in [-0.05, 0) is 37.8 Å². The van der Waals surface area contributed by atoms with E-state index in [1.165, 1.54) is 6.20 Å². The summed E-state index contributed by atoms with van der Waals surface area (Å²) >= 11 is 0. The maximum absolute atomic E-state index is 12.2. The number of aromatic nitrogens is 3. The minimum absolute atomic E-state index is 0.134. The fourth-order valence-electron chi connectivity index (χ4n) is 3.62. The molecule has 0 radical (unpaired) electrons. The molecule has 1 amide bonds. The topological polar surface area (TPSA) is 129 Å². The Kier molecular flexibility index (Phi) is 5.00. The second kappa shape index (κ2) is 7.97. The van der Waals surface area contributed by atoms with Crippen LogP contribution in [0.15, 0.2) is 24.5 Å². The average Bonchev–Trinajstić information content (AvgIpc) is 3.69. The number of piperazine rings is 1. The molecule has 162 valence electrons. The summed E-state index contributed by atoms with van der Waals surface area (Å²) in [4.78, 5) is 39.9. The standard InChI is InChI=1S/C20H24N8O3/c29-19(13-1-2-13)27-9-7-26(8-10-27)17-6-5-15(11-21-17)24-20-22-12-16(28(30)31)18(25-20)23-14-3-4-14/h5-6,11-14H,1-4,7-10H2,(H2,22,23,24,25). The van der Waals surface area contributed by atoms with Gasteiger partial charge in [0.15, 0.2) is 0 Å². The van der Waals surface area contributed by atoms with Crippen LogP contribution in [0.2, 0.25) is 0 Å². The van der Waals surface area contributed by atoms with Crippen molar-refractivity contribution in [2.75, 3.05) is 41.7 Å². The summed E-state index contributed by atoms with van der Waals surface area (Å²) < 4.78 is 0. The highest BCUT2D eigenvalue weighted by atomic mass is 16.6. The molecule has 1 saturated heterocycles. The van der Waals surface area contributed by atoms with E-state index in [0.29, 0.717) is 11.6 Å². The molecule has 0 bridgehead atoms. The lowest BCUT2D eigenvalue weighted by atomic mass is 10.2. The predicted molar refractivity (Wildman–Crippen MR) is 114 cm³/mol. The number of nitro groups is 1. The fourth-order valence-corrected chi connectivity index (χ4v) is 3.62. The lowest BCUT2D eigenvalue weighted by Gasteiger charge is -2.35. The van der Waals surface area contributed by atoms with Gasteiger partial charge in [-0.25, -0.2) is 9.97 Å². The molecule has 0 atom stereocenters. The maximum Gasteiger partial charge on any atom is 0.329 e. The molecule has 0 unspecified atom stereocenters. The minimum Gasteiger partial charge on any atom is -0.361 e. The van der Waals surface area contributed by atoms with Crippen LogP contribution in [0.4, 0.5) is 29.0 Å². The van der Waals surface area contributed by atoms with Gasteiger partial charge in [-0.3, -0.25) is 14.9 Å². The summed E-state index contributed by atoms with van der Waals surface area (Å²) in [7, 11) is 0. The Labute approximate surface area is 179 Å². The average molecular weight is 424 g/mol. The highest BCUT2D eigenvalue weighted by Crippen LogP contribution is 2.32. The fraction of sp³-hybridized carbons (Fsp3) is 0.500. The molecule has 2 aromatic heterocycles. The van der Waals surface area contributed by atoms with Gasteiger partial charge in [-0.15, -0.1) is 0 Å². The number of pyridine rings is 1. The van der Waals surface area contributed by atoms with Gasteiger partial charge in [0.25, 0.3) is 0 Å². The van der Waals surface area contributed by atoms with Crippen molar-refractivity contribution in [1.82, 2.24) is 19.9 Å². The number of carbonyl (C=O) groups excluding carboxylic acids is 1. The van der Waals surface area contributed by atoms with Crippen molar-refractivity contribution in [2.24, 2.45) is 5.92 Å². The van der Waals surface area contributed by atoms with Crippen LogP contribution >= 0.6 is 0 Å². The summed E-state index contributed by atoms with van der Waals surface area (Å²) in [5.41, 5.74) is 0.558. The summed E-state index contributed by atoms with van der Waals surface area (Å²) in [6.07, 6.45) is 6.94. The van der Waals surface area contributed by atoms with Crippen LogP contribution in [-0.2, 0) is 4.79 Å². The zero-order chi connectivity index (χ0) is 21.4. The quantitative estimate of drug-likeness (QED) is 0.507. The van der Waals surface area contributed by atoms with E-state index in [1.54, 1.807) is 6.20 Å². The highest BCUT2D eigenvalue weighted by Gasteiger charge is 2.34. The molecule has 0 aromatic carbocycles. The Balaban J connectivity index is 1.21. The summed E-state index contributed by atoms with van der Waals surface area (Å²) in [6.45, 7) is 2.98. The summed E-state index contributed by atoms with van der Waals surface area (Å²) in [5, 5.41) is 17.3. The Morgan fingerprint density at radius 2 is 1.84 bits per heavy atom. The van der Waals surface area contributed by atoms with E-state index in [9.17, 15) is 14.9 Å². The number of anilines is 4. The Hall–Kier alpha value is -3.50. The number of carbonyl (C=O) groups is 1. The molecule has 1 aliphatic heterocycles. The molecule has 2 aromatic rings. The first kappa shape index (κ1) is 19.5. The van der Waals surface area contributed by atoms with E-state index in [2.05, 4.69) is 30.5 Å². The third kappa shape index (κ3) is 4.49. The first-order chi connectivity index (χ1) is 15.1. The number of nitrogens with zero attached hydrogens (tertiary/aromatic N) is 6. The first-order valence-electron chi connectivity index (χ1n) is 10.6. The zero-order valence-electron chi connectivity index (χ0n) is 17.0. The minimum atomic E-state index is -0.483. The largest absolute Gasteiger partial charge is 0.361 e. The lowest BCUT2D eigenvalue weighted by molar-refractivity contribution is -0.384. The van der Waals surface area contributed by atoms with E-state index in [4.69, 9.17) is 0 Å². The lowest BCUT2D eigenvalue weighted by Crippen LogP contribution is -2.49. The van der Waals surface area contributed by atoms with Crippen LogP contribution in [0, 0.1) is 16.0 Å². The van der Waals surface area contributed by atoms with Gasteiger partial charge in [-0.1, -0.05) is 0 Å². The SMILES string of the molecule is O=C(C1CC1)N1CCN(c2ccc(Nc3ncc([N+](=O)[O-])c(NC4CC4)n3)cn2)CC1. The van der Waals surface area contributed by atoms with Gasteiger partial charge in [0.2, 0.25) is 17.7 Å². The van der Waals surface area contributed by atoms with Crippen LogP contribution in [0.1, 0.15) is 25.7 Å². The van der Waals surface area contributed by atoms with E-state index in [0.717, 1.165) is 57.7 Å². The van der Waals surface area contributed by atoms with Crippen molar-refractivity contribution in [3.63, 3.8) is 0 Å². The molecule has 2 aliphatic carbocycles. The molecule has 31 heavy (non-hydrogen) atoms. The van der Waals surface area contributed by atoms with Crippen molar-refractivity contribution >= 4 is 34.9 Å². The number of amides is 1. The molecule has 3 fully saturated rings. The molecular weight excluding hydrogens is 400 g/mol. The van der Waals surface area contributed by atoms with Crippen molar-refractivity contribution in [2.45, 2.75) is 31.7 Å². The molecule has 2 saturated carbocycles. The van der Waals surface area contributed by atoms with Crippen LogP contribution in [-0.4, -0.2) is 62.9 Å². The molecule has 3 heterocycles. The zero-order valence-corrected chi connectivity index (χ0v) is 17.0. The van der Waals surface area contributed by atoms with Crippen LogP contribution < -0.4 is 15.5 Å². The number of hydrogen-bond acceptors (Lipinski definition) is 9. The smallest absolute Gasteiger partial charge is 0.329 e. The Morgan fingerprint density at radius 1 is 1.06 bits per heavy atom. The number of rotatable bonds is 7. The second-order valence-corrected chi connectivity index (χ2v) is 8.22. The monoisotopic (exact) mass is 424 g/mol. The van der Waals surface area contributed by atoms with Crippen molar-refractivity contribution in [3.8, 4) is 0 Å². The van der Waals surface area contributed by atoms with Crippen molar-refractivity contribution in [1.29, 1.82) is 0 Å². The van der Waals surface area contributed by atoms with Gasteiger partial charge < -0.3 is 20.4 Å². The third-order valence-electron chi connectivity index (χ3n) is 5.73. The van der Waals surface area contributed by atoms with E-state index in [1.807, 2.05) is 17.0 Å². The molecule has 0 spiro atoms. The van der Waals surface area contributed by atoms with Crippen LogP contribution in [0.3, 0.4) is 0 Å². The van der Waals surface area contributed by atoms with Gasteiger partial charge in [0.1, 0.15) is 12.0 Å². The second-order valence-electron chi connectivity index (χ2n) is 8.22. The third-order valence-corrected chi connectivity index (χ3v) is 5.73. The van der Waals surface area contributed by atoms with Crippen molar-refractivity contribution < 1.29 is 9.72 Å². The number of nitrogens with one attached hydrogen (secondary N) is 2. The number of hydrogen-bond donors (Lipinski definition) is 2. The molecular formula is C20H24N8O3. The molecule has 11 heteroatoms. The van der Waals surface area contributed by atoms with Crippen LogP contribution in [0.25, 0.3) is 0 Å². The molecule has 11 nitrogen and oxygen atoms in total. The maximum atomic E-state index is 12.2. The molecule has 3 aliphatic rings. The summed E-state index contributed by atoms with van der Waals surface area (Å²) in [5.74, 6) is 1.91. The van der Waals surface area contributed by atoms with Gasteiger partial charge in [-0.2, -0.15) is 4.98 Å². The first-order valence-corrected chi connectivity index (χ1v) is 10.6. The molecule has 5 rings (SSSR count). The van der Waals surface area contributed by atoms with Crippen molar-refractivity contribution in [3.05, 3.63) is 34.6 Å². The van der Waals surface area contributed by atoms with E-state index < -0.39 is 4.92 Å². The van der Waals surface area contributed by atoms with E-state index >= 15 is 0 Å².